The van der Waals surface area contributed by atoms with E-state index in [-0.39, 0.29) is 11.9 Å². The lowest BCUT2D eigenvalue weighted by atomic mass is 10.0. The van der Waals surface area contributed by atoms with E-state index in [0.717, 1.165) is 29.7 Å². The van der Waals surface area contributed by atoms with Crippen LogP contribution >= 0.6 is 0 Å². The Kier molecular flexibility index (Phi) is 4.86. The molecule has 0 bridgehead atoms. The van der Waals surface area contributed by atoms with E-state index in [2.05, 4.69) is 20.4 Å². The average Bonchev–Trinajstić information content (AvgIpc) is 3.58. The fourth-order valence-electron chi connectivity index (χ4n) is 3.79. The van der Waals surface area contributed by atoms with Gasteiger partial charge in [0.15, 0.2) is 0 Å². The summed E-state index contributed by atoms with van der Waals surface area (Å²) < 4.78 is 10.9. The first kappa shape index (κ1) is 19.2. The summed E-state index contributed by atoms with van der Waals surface area (Å²) in [6, 6.07) is 15.0. The number of hydrogen-bond acceptors (Lipinski definition) is 6. The number of pyridine rings is 2. The van der Waals surface area contributed by atoms with Gasteiger partial charge in [0.1, 0.15) is 5.69 Å². The zero-order chi connectivity index (χ0) is 21.4. The normalized spacial score (nSPS) is 14.4. The number of carbonyl (C=O) groups excluding carboxylic acids is 1. The SMILES string of the molecule is COc1ncccc1C(C)NC(=O)c1cc(C2CC2)nc2onc(-c3ccccc3)c12. The van der Waals surface area contributed by atoms with E-state index in [1.165, 1.54) is 0 Å². The fourth-order valence-corrected chi connectivity index (χ4v) is 3.79. The summed E-state index contributed by atoms with van der Waals surface area (Å²) in [7, 11) is 1.57. The number of hydrogen-bond donors (Lipinski definition) is 1. The van der Waals surface area contributed by atoms with E-state index in [1.54, 1.807) is 13.3 Å². The van der Waals surface area contributed by atoms with Crippen LogP contribution in [-0.2, 0) is 0 Å². The van der Waals surface area contributed by atoms with Gasteiger partial charge in [-0.05, 0) is 31.9 Å². The minimum atomic E-state index is -0.302. The first-order valence-electron chi connectivity index (χ1n) is 10.3. The molecule has 0 saturated heterocycles. The van der Waals surface area contributed by atoms with Crippen molar-refractivity contribution < 1.29 is 14.1 Å². The molecule has 1 aliphatic carbocycles. The number of aromatic nitrogens is 3. The van der Waals surface area contributed by atoms with Crippen LogP contribution in [0.5, 0.6) is 5.88 Å². The van der Waals surface area contributed by atoms with Crippen molar-refractivity contribution in [3.05, 3.63) is 71.5 Å². The maximum atomic E-state index is 13.4. The number of amides is 1. The highest BCUT2D eigenvalue weighted by atomic mass is 16.5. The molecule has 31 heavy (non-hydrogen) atoms. The standard InChI is InChI=1S/C24H22N4O3/c1-14(17-9-6-12-25-23(17)30-2)26-22(29)18-13-19(15-10-11-15)27-24-20(18)21(28-31-24)16-7-4-3-5-8-16/h3-9,12-15H,10-11H2,1-2H3,(H,26,29). The van der Waals surface area contributed by atoms with Gasteiger partial charge in [0.2, 0.25) is 5.88 Å². The highest BCUT2D eigenvalue weighted by Gasteiger charge is 2.30. The summed E-state index contributed by atoms with van der Waals surface area (Å²) in [5.41, 5.74) is 4.07. The molecule has 0 aliphatic heterocycles. The summed E-state index contributed by atoms with van der Waals surface area (Å²) >= 11 is 0. The lowest BCUT2D eigenvalue weighted by Crippen LogP contribution is -2.27. The molecule has 1 amide bonds. The van der Waals surface area contributed by atoms with E-state index in [4.69, 9.17) is 9.26 Å². The molecule has 1 N–H and O–H groups in total. The van der Waals surface area contributed by atoms with E-state index in [9.17, 15) is 4.79 Å². The van der Waals surface area contributed by atoms with Gasteiger partial charge in [0.25, 0.3) is 11.6 Å². The van der Waals surface area contributed by atoms with Gasteiger partial charge in [-0.3, -0.25) is 4.79 Å². The summed E-state index contributed by atoms with van der Waals surface area (Å²) in [5, 5.41) is 7.95. The number of nitrogens with one attached hydrogen (secondary N) is 1. The first-order valence-corrected chi connectivity index (χ1v) is 10.3. The number of nitrogens with zero attached hydrogens (tertiary/aromatic N) is 3. The van der Waals surface area contributed by atoms with Crippen LogP contribution in [0.4, 0.5) is 0 Å². The Labute approximate surface area is 179 Å². The Morgan fingerprint density at radius 1 is 1.19 bits per heavy atom. The smallest absolute Gasteiger partial charge is 0.259 e. The van der Waals surface area contributed by atoms with Crippen molar-refractivity contribution in [2.75, 3.05) is 7.11 Å². The van der Waals surface area contributed by atoms with Crippen molar-refractivity contribution in [1.29, 1.82) is 0 Å². The summed E-state index contributed by atoms with van der Waals surface area (Å²) in [5.74, 6) is 0.647. The van der Waals surface area contributed by atoms with Crippen molar-refractivity contribution in [3.63, 3.8) is 0 Å². The molecule has 7 heteroatoms. The molecule has 1 fully saturated rings. The quantitative estimate of drug-likeness (QED) is 0.493. The van der Waals surface area contributed by atoms with Crippen molar-refractivity contribution in [1.82, 2.24) is 20.4 Å². The van der Waals surface area contributed by atoms with Gasteiger partial charge < -0.3 is 14.6 Å². The van der Waals surface area contributed by atoms with E-state index < -0.39 is 0 Å². The molecule has 3 heterocycles. The van der Waals surface area contributed by atoms with Crippen LogP contribution < -0.4 is 10.1 Å². The monoisotopic (exact) mass is 414 g/mol. The third kappa shape index (κ3) is 3.63. The van der Waals surface area contributed by atoms with Crippen LogP contribution in [0.15, 0.2) is 59.3 Å². The number of methoxy groups -OCH3 is 1. The Bertz CT molecular complexity index is 1250. The average molecular weight is 414 g/mol. The van der Waals surface area contributed by atoms with Crippen LogP contribution in [0.2, 0.25) is 0 Å². The van der Waals surface area contributed by atoms with Crippen LogP contribution in [0, 0.1) is 0 Å². The van der Waals surface area contributed by atoms with Crippen LogP contribution in [0.25, 0.3) is 22.4 Å². The van der Waals surface area contributed by atoms with Gasteiger partial charge in [-0.15, -0.1) is 0 Å². The molecule has 1 aliphatic rings. The molecule has 1 aromatic carbocycles. The lowest BCUT2D eigenvalue weighted by Gasteiger charge is -2.17. The predicted molar refractivity (Wildman–Crippen MR) is 116 cm³/mol. The fraction of sp³-hybridized carbons (Fsp3) is 0.250. The largest absolute Gasteiger partial charge is 0.481 e. The summed E-state index contributed by atoms with van der Waals surface area (Å²) in [6.07, 6.45) is 3.81. The van der Waals surface area contributed by atoms with Gasteiger partial charge in [-0.1, -0.05) is 41.6 Å². The number of rotatable bonds is 6. The van der Waals surface area contributed by atoms with Crippen molar-refractivity contribution >= 4 is 17.0 Å². The topological polar surface area (TPSA) is 90.1 Å². The molecule has 7 nitrogen and oxygen atoms in total. The van der Waals surface area contributed by atoms with E-state index in [0.29, 0.717) is 34.2 Å². The summed E-state index contributed by atoms with van der Waals surface area (Å²) in [4.78, 5) is 22.3. The second-order valence-corrected chi connectivity index (χ2v) is 7.74. The highest BCUT2D eigenvalue weighted by Crippen LogP contribution is 2.41. The molecule has 1 atom stereocenters. The van der Waals surface area contributed by atoms with Gasteiger partial charge >= 0.3 is 0 Å². The minimum Gasteiger partial charge on any atom is -0.481 e. The maximum absolute atomic E-state index is 13.4. The minimum absolute atomic E-state index is 0.215. The van der Waals surface area contributed by atoms with Gasteiger partial charge in [0, 0.05) is 28.9 Å². The van der Waals surface area contributed by atoms with Gasteiger partial charge in [-0.25, -0.2) is 9.97 Å². The Hall–Kier alpha value is -3.74. The van der Waals surface area contributed by atoms with Crippen LogP contribution in [0.3, 0.4) is 0 Å². The molecular weight excluding hydrogens is 392 g/mol. The van der Waals surface area contributed by atoms with Gasteiger partial charge in [-0.2, -0.15) is 0 Å². The van der Waals surface area contributed by atoms with Crippen molar-refractivity contribution in [2.24, 2.45) is 0 Å². The number of benzene rings is 1. The second-order valence-electron chi connectivity index (χ2n) is 7.74. The summed E-state index contributed by atoms with van der Waals surface area (Å²) in [6.45, 7) is 1.91. The third-order valence-electron chi connectivity index (χ3n) is 5.56. The Morgan fingerprint density at radius 2 is 2.00 bits per heavy atom. The molecule has 3 aromatic heterocycles. The van der Waals surface area contributed by atoms with Crippen molar-refractivity contribution in [3.8, 4) is 17.1 Å². The molecule has 0 spiro atoms. The van der Waals surface area contributed by atoms with E-state index in [1.807, 2.05) is 55.5 Å². The molecule has 4 aromatic rings. The molecule has 0 radical (unpaired) electrons. The first-order chi connectivity index (χ1) is 15.2. The van der Waals surface area contributed by atoms with Crippen LogP contribution in [0.1, 0.15) is 53.3 Å². The highest BCUT2D eigenvalue weighted by molar-refractivity contribution is 6.09. The Balaban J connectivity index is 1.57. The van der Waals surface area contributed by atoms with Crippen LogP contribution in [-0.4, -0.2) is 28.1 Å². The Morgan fingerprint density at radius 3 is 2.74 bits per heavy atom. The lowest BCUT2D eigenvalue weighted by molar-refractivity contribution is 0.0941. The van der Waals surface area contributed by atoms with Crippen molar-refractivity contribution in [2.45, 2.75) is 31.7 Å². The number of fused-ring (bicyclic) bond motifs is 1. The molecular formula is C24H22N4O3. The van der Waals surface area contributed by atoms with E-state index >= 15 is 0 Å². The molecule has 156 valence electrons. The molecule has 1 saturated carbocycles. The maximum Gasteiger partial charge on any atom is 0.259 e. The molecule has 5 rings (SSSR count). The number of ether oxygens (including phenoxy) is 1. The van der Waals surface area contributed by atoms with Gasteiger partial charge in [0.05, 0.1) is 24.1 Å². The second kappa shape index (κ2) is 7.83. The number of carbonyl (C=O) groups is 1. The predicted octanol–water partition coefficient (Wildman–Crippen LogP) is 4.66. The zero-order valence-electron chi connectivity index (χ0n) is 17.3. The third-order valence-corrected chi connectivity index (χ3v) is 5.56. The zero-order valence-corrected chi connectivity index (χ0v) is 17.3. The molecule has 1 unspecified atom stereocenters.